The number of carbonyl (C=O) groups is 1. The fraction of sp³-hybridized carbons (Fsp3) is 0.500. The maximum Gasteiger partial charge on any atom is 0.338 e. The zero-order valence-corrected chi connectivity index (χ0v) is 11.8. The molecule has 4 nitrogen and oxygen atoms in total. The molecule has 1 aliphatic carbocycles. The van der Waals surface area contributed by atoms with Crippen LogP contribution in [0.25, 0.3) is 0 Å². The van der Waals surface area contributed by atoms with Crippen LogP contribution >= 0.6 is 0 Å². The van der Waals surface area contributed by atoms with Crippen molar-refractivity contribution >= 4 is 15.8 Å². The number of esters is 1. The van der Waals surface area contributed by atoms with Crippen molar-refractivity contribution < 1.29 is 17.9 Å². The first-order valence-corrected chi connectivity index (χ1v) is 8.37. The molecule has 1 aromatic rings. The predicted molar refractivity (Wildman–Crippen MR) is 71.8 cm³/mol. The molecule has 5 heteroatoms. The molecule has 0 bridgehead atoms. The number of hydrogen-bond acceptors (Lipinski definition) is 4. The number of benzene rings is 1. The molecule has 1 saturated carbocycles. The minimum absolute atomic E-state index is 0.0100. The van der Waals surface area contributed by atoms with Crippen molar-refractivity contribution in [2.24, 2.45) is 0 Å². The van der Waals surface area contributed by atoms with Crippen LogP contribution in [0.4, 0.5) is 0 Å². The van der Waals surface area contributed by atoms with Crippen LogP contribution in [0.2, 0.25) is 0 Å². The van der Waals surface area contributed by atoms with E-state index in [9.17, 15) is 13.2 Å². The normalized spacial score (nSPS) is 17.1. The molecule has 0 aromatic heterocycles. The standard InChI is InChI=1S/C14H18O4S/c1-19(16,17)13-9-7-11(8-10-13)14(15)18-12-5-3-2-4-6-12/h7-10,12H,2-6H2,1H3. The van der Waals surface area contributed by atoms with E-state index in [1.54, 1.807) is 0 Å². The first-order valence-electron chi connectivity index (χ1n) is 6.48. The molecule has 0 saturated heterocycles. The molecule has 104 valence electrons. The molecule has 0 N–H and O–H groups in total. The van der Waals surface area contributed by atoms with Crippen molar-refractivity contribution in [2.75, 3.05) is 6.26 Å². The summed E-state index contributed by atoms with van der Waals surface area (Å²) in [6, 6.07) is 5.88. The maximum absolute atomic E-state index is 11.9. The van der Waals surface area contributed by atoms with Gasteiger partial charge < -0.3 is 4.74 Å². The van der Waals surface area contributed by atoms with E-state index in [0.717, 1.165) is 31.9 Å². The lowest BCUT2D eigenvalue weighted by Gasteiger charge is -2.21. The van der Waals surface area contributed by atoms with Crippen molar-refractivity contribution in [3.63, 3.8) is 0 Å². The van der Waals surface area contributed by atoms with E-state index in [0.29, 0.717) is 5.56 Å². The maximum atomic E-state index is 11.9. The Labute approximate surface area is 113 Å². The molecule has 0 unspecified atom stereocenters. The smallest absolute Gasteiger partial charge is 0.338 e. The van der Waals surface area contributed by atoms with E-state index in [1.165, 1.54) is 30.7 Å². The largest absolute Gasteiger partial charge is 0.459 e. The molecule has 1 aliphatic rings. The Morgan fingerprint density at radius 1 is 1.11 bits per heavy atom. The predicted octanol–water partition coefficient (Wildman–Crippen LogP) is 2.58. The van der Waals surface area contributed by atoms with Crippen LogP contribution in [-0.4, -0.2) is 26.7 Å². The van der Waals surface area contributed by atoms with Gasteiger partial charge in [0.15, 0.2) is 9.84 Å². The minimum Gasteiger partial charge on any atom is -0.459 e. The van der Waals surface area contributed by atoms with E-state index in [1.807, 2.05) is 0 Å². The van der Waals surface area contributed by atoms with E-state index in [4.69, 9.17) is 4.74 Å². The van der Waals surface area contributed by atoms with Gasteiger partial charge in [-0.1, -0.05) is 6.42 Å². The molecule has 0 amide bonds. The first-order chi connectivity index (χ1) is 8.97. The molecule has 0 radical (unpaired) electrons. The molecule has 1 aromatic carbocycles. The first kappa shape index (κ1) is 14.1. The van der Waals surface area contributed by atoms with E-state index < -0.39 is 9.84 Å². The summed E-state index contributed by atoms with van der Waals surface area (Å²) in [5.74, 6) is -0.369. The van der Waals surface area contributed by atoms with E-state index >= 15 is 0 Å². The van der Waals surface area contributed by atoms with Gasteiger partial charge in [-0.3, -0.25) is 0 Å². The second-order valence-corrected chi connectivity index (χ2v) is 6.98. The lowest BCUT2D eigenvalue weighted by atomic mass is 9.98. The second kappa shape index (κ2) is 5.74. The highest BCUT2D eigenvalue weighted by molar-refractivity contribution is 7.90. The van der Waals surface area contributed by atoms with Crippen LogP contribution in [0.15, 0.2) is 29.2 Å². The van der Waals surface area contributed by atoms with Crippen molar-refractivity contribution in [2.45, 2.75) is 43.1 Å². The topological polar surface area (TPSA) is 60.4 Å². The van der Waals surface area contributed by atoms with Gasteiger partial charge in [0.05, 0.1) is 10.5 Å². The van der Waals surface area contributed by atoms with Crippen molar-refractivity contribution in [3.8, 4) is 0 Å². The zero-order valence-electron chi connectivity index (χ0n) is 11.0. The molecule has 0 atom stereocenters. The number of sulfone groups is 1. The molecular formula is C14H18O4S. The van der Waals surface area contributed by atoms with Gasteiger partial charge in [0.25, 0.3) is 0 Å². The van der Waals surface area contributed by atoms with Gasteiger partial charge in [-0.2, -0.15) is 0 Å². The Morgan fingerprint density at radius 3 is 2.21 bits per heavy atom. The molecule has 0 spiro atoms. The minimum atomic E-state index is -3.22. The van der Waals surface area contributed by atoms with Crippen LogP contribution in [0.1, 0.15) is 42.5 Å². The summed E-state index contributed by atoms with van der Waals surface area (Å²) in [5.41, 5.74) is 0.401. The zero-order chi connectivity index (χ0) is 13.9. The van der Waals surface area contributed by atoms with Gasteiger partial charge in [0.1, 0.15) is 6.10 Å². The fourth-order valence-electron chi connectivity index (χ4n) is 2.24. The lowest BCUT2D eigenvalue weighted by molar-refractivity contribution is 0.0211. The van der Waals surface area contributed by atoms with E-state index in [-0.39, 0.29) is 17.0 Å². The Kier molecular flexibility index (Phi) is 4.24. The number of ether oxygens (including phenoxy) is 1. The summed E-state index contributed by atoms with van der Waals surface area (Å²) < 4.78 is 28.0. The van der Waals surface area contributed by atoms with Crippen LogP contribution in [0.3, 0.4) is 0 Å². The Balaban J connectivity index is 2.03. The number of hydrogen-bond donors (Lipinski definition) is 0. The average Bonchev–Trinajstić information content (AvgIpc) is 2.39. The summed E-state index contributed by atoms with van der Waals surface area (Å²) in [5, 5.41) is 0. The molecular weight excluding hydrogens is 264 g/mol. The summed E-state index contributed by atoms with van der Waals surface area (Å²) >= 11 is 0. The van der Waals surface area contributed by atoms with Gasteiger partial charge >= 0.3 is 5.97 Å². The summed E-state index contributed by atoms with van der Waals surface area (Å²) in [7, 11) is -3.22. The third-order valence-corrected chi connectivity index (χ3v) is 4.47. The molecule has 19 heavy (non-hydrogen) atoms. The summed E-state index contributed by atoms with van der Waals surface area (Å²) in [6.07, 6.45) is 6.41. The lowest BCUT2D eigenvalue weighted by Crippen LogP contribution is -2.20. The highest BCUT2D eigenvalue weighted by Crippen LogP contribution is 2.21. The summed E-state index contributed by atoms with van der Waals surface area (Å²) in [4.78, 5) is 12.1. The monoisotopic (exact) mass is 282 g/mol. The van der Waals surface area contributed by atoms with Gasteiger partial charge in [0.2, 0.25) is 0 Å². The third-order valence-electron chi connectivity index (χ3n) is 3.34. The van der Waals surface area contributed by atoms with Crippen molar-refractivity contribution in [3.05, 3.63) is 29.8 Å². The molecule has 0 heterocycles. The van der Waals surface area contributed by atoms with E-state index in [2.05, 4.69) is 0 Å². The van der Waals surface area contributed by atoms with Crippen LogP contribution in [0.5, 0.6) is 0 Å². The molecule has 1 fully saturated rings. The average molecular weight is 282 g/mol. The Hall–Kier alpha value is -1.36. The highest BCUT2D eigenvalue weighted by atomic mass is 32.2. The van der Waals surface area contributed by atoms with Crippen molar-refractivity contribution in [1.29, 1.82) is 0 Å². The fourth-order valence-corrected chi connectivity index (χ4v) is 2.87. The molecule has 0 aliphatic heterocycles. The van der Waals surface area contributed by atoms with Gasteiger partial charge in [0, 0.05) is 6.26 Å². The van der Waals surface area contributed by atoms with Crippen LogP contribution in [-0.2, 0) is 14.6 Å². The highest BCUT2D eigenvalue weighted by Gasteiger charge is 2.19. The van der Waals surface area contributed by atoms with Crippen LogP contribution < -0.4 is 0 Å². The second-order valence-electron chi connectivity index (χ2n) is 4.96. The Morgan fingerprint density at radius 2 is 1.68 bits per heavy atom. The Bertz CT molecular complexity index is 539. The SMILES string of the molecule is CS(=O)(=O)c1ccc(C(=O)OC2CCCCC2)cc1. The molecule has 2 rings (SSSR count). The summed E-state index contributed by atoms with van der Waals surface area (Å²) in [6.45, 7) is 0. The van der Waals surface area contributed by atoms with Crippen LogP contribution in [0, 0.1) is 0 Å². The number of rotatable bonds is 3. The van der Waals surface area contributed by atoms with Gasteiger partial charge in [-0.05, 0) is 49.9 Å². The third kappa shape index (κ3) is 3.80. The van der Waals surface area contributed by atoms with Gasteiger partial charge in [-0.15, -0.1) is 0 Å². The quantitative estimate of drug-likeness (QED) is 0.799. The number of carbonyl (C=O) groups excluding carboxylic acids is 1. The van der Waals surface area contributed by atoms with Gasteiger partial charge in [-0.25, -0.2) is 13.2 Å². The van der Waals surface area contributed by atoms with Crippen molar-refractivity contribution in [1.82, 2.24) is 0 Å².